The summed E-state index contributed by atoms with van der Waals surface area (Å²) in [5, 5.41) is 63.9. The number of hydrogen-bond acceptors (Lipinski definition) is 10. The van der Waals surface area contributed by atoms with Crippen LogP contribution in [0.2, 0.25) is 0 Å². The summed E-state index contributed by atoms with van der Waals surface area (Å²) in [6.07, 6.45) is 8.87. The van der Waals surface area contributed by atoms with Crippen LogP contribution in [-0.4, -0.2) is 101 Å². The van der Waals surface area contributed by atoms with Crippen LogP contribution < -0.4 is 0 Å². The highest BCUT2D eigenvalue weighted by Gasteiger charge is 2.76. The molecule has 6 fully saturated rings. The zero-order chi connectivity index (χ0) is 40.5. The quantitative estimate of drug-likeness (QED) is 0.227. The van der Waals surface area contributed by atoms with Crippen molar-refractivity contribution in [3.05, 3.63) is 35.5 Å². The number of Topliss-reactive ketones (excluding diaryl/α,β-unsaturated/α-hetero) is 2. The molecule has 0 aliphatic heterocycles. The fourth-order valence-electron chi connectivity index (χ4n) is 14.4. The summed E-state index contributed by atoms with van der Waals surface area (Å²) >= 11 is 7.30. The van der Waals surface area contributed by atoms with Crippen LogP contribution in [0.25, 0.3) is 0 Å². The largest absolute Gasteiger partial charge is 0.391 e. The highest BCUT2D eigenvalue weighted by molar-refractivity contribution is 6.26. The first-order chi connectivity index (χ1) is 25.5. The van der Waals surface area contributed by atoms with Crippen molar-refractivity contribution >= 4 is 34.7 Å². The fraction of sp³-hybridized carbons (Fsp3) is 0.767. The highest BCUT2D eigenvalue weighted by atomic mass is 35.5. The Hall–Kier alpha value is -2.12. The molecule has 6 saturated carbocycles. The van der Waals surface area contributed by atoms with Crippen molar-refractivity contribution < 1.29 is 54.2 Å². The van der Waals surface area contributed by atoms with Crippen molar-refractivity contribution in [2.45, 2.75) is 139 Å². The van der Waals surface area contributed by atoms with Crippen LogP contribution in [0.3, 0.4) is 0 Å². The summed E-state index contributed by atoms with van der Waals surface area (Å²) in [6.45, 7) is 7.80. The van der Waals surface area contributed by atoms with Gasteiger partial charge in [0, 0.05) is 34.0 Å². The molecule has 0 bridgehead atoms. The van der Waals surface area contributed by atoms with Crippen molar-refractivity contribution in [2.24, 2.45) is 51.2 Å². The maximum atomic E-state index is 16.8. The molecule has 0 radical (unpaired) electrons. The van der Waals surface area contributed by atoms with E-state index in [1.807, 2.05) is 33.8 Å². The van der Waals surface area contributed by atoms with Crippen molar-refractivity contribution in [3.8, 4) is 0 Å². The molecule has 55 heavy (non-hydrogen) atoms. The van der Waals surface area contributed by atoms with Crippen LogP contribution >= 0.6 is 11.6 Å². The second-order valence-corrected chi connectivity index (χ2v) is 20.0. The molecule has 0 aromatic heterocycles. The molecule has 0 aromatic rings. The first-order valence-electron chi connectivity index (χ1n) is 20.2. The Balaban J connectivity index is 0.000000169. The maximum absolute atomic E-state index is 16.8. The van der Waals surface area contributed by atoms with Crippen LogP contribution in [0.15, 0.2) is 35.5 Å². The third kappa shape index (κ3) is 4.93. The van der Waals surface area contributed by atoms with Gasteiger partial charge < -0.3 is 30.6 Å². The molecule has 10 nitrogen and oxygen atoms in total. The first kappa shape index (κ1) is 41.1. The number of carbonyl (C=O) groups excluding carboxylic acids is 4. The molecule has 0 aromatic carbocycles. The minimum atomic E-state index is -1.88. The van der Waals surface area contributed by atoms with Gasteiger partial charge in [-0.2, -0.15) is 0 Å². The van der Waals surface area contributed by atoms with E-state index >= 15 is 4.39 Å². The van der Waals surface area contributed by atoms with Gasteiger partial charge in [-0.1, -0.05) is 51.8 Å². The summed E-state index contributed by atoms with van der Waals surface area (Å²) in [5.41, 5.74) is -6.93. The van der Waals surface area contributed by atoms with Gasteiger partial charge in [-0.3, -0.25) is 19.2 Å². The molecule has 12 heteroatoms. The Kier molecular flexibility index (Phi) is 9.66. The zero-order valence-corrected chi connectivity index (χ0v) is 33.4. The van der Waals surface area contributed by atoms with Crippen LogP contribution in [-0.2, 0) is 19.2 Å². The van der Waals surface area contributed by atoms with E-state index in [0.717, 1.165) is 11.1 Å². The molecule has 8 aliphatic carbocycles. The van der Waals surface area contributed by atoms with Gasteiger partial charge in [0.1, 0.15) is 30.1 Å². The van der Waals surface area contributed by atoms with Gasteiger partial charge in [-0.15, -0.1) is 11.6 Å². The smallest absolute Gasteiger partial charge is 0.190 e. The molecule has 8 aliphatic rings. The lowest BCUT2D eigenvalue weighted by Crippen LogP contribution is -2.69. The van der Waals surface area contributed by atoms with Gasteiger partial charge in [0.15, 0.2) is 23.1 Å². The summed E-state index contributed by atoms with van der Waals surface area (Å²) in [4.78, 5) is 47.7. The van der Waals surface area contributed by atoms with Crippen LogP contribution in [0, 0.1) is 51.2 Å². The number of carbonyl (C=O) groups is 4. The van der Waals surface area contributed by atoms with Gasteiger partial charge in [-0.25, -0.2) is 4.39 Å². The number of fused-ring (bicyclic) bond motifs is 10. The van der Waals surface area contributed by atoms with Crippen LogP contribution in [0.4, 0.5) is 4.39 Å². The minimum Gasteiger partial charge on any atom is -0.391 e. The normalized spacial score (nSPS) is 52.2. The molecular weight excluding hydrogens is 731 g/mol. The van der Waals surface area contributed by atoms with Gasteiger partial charge in [0.25, 0.3) is 0 Å². The van der Waals surface area contributed by atoms with Crippen molar-refractivity contribution in [3.63, 3.8) is 0 Å². The zero-order valence-electron chi connectivity index (χ0n) is 32.6. The van der Waals surface area contributed by atoms with Crippen molar-refractivity contribution in [1.29, 1.82) is 0 Å². The molecule has 15 atom stereocenters. The Morgan fingerprint density at radius 2 is 1.42 bits per heavy atom. The number of rotatable bonds is 4. The molecule has 0 amide bonds. The Morgan fingerprint density at radius 3 is 2.07 bits per heavy atom. The van der Waals surface area contributed by atoms with E-state index in [2.05, 4.69) is 0 Å². The van der Waals surface area contributed by atoms with E-state index in [4.69, 9.17) is 11.6 Å². The number of allylic oxidation sites excluding steroid dienone is 5. The highest BCUT2D eigenvalue weighted by Crippen LogP contribution is 2.72. The van der Waals surface area contributed by atoms with Crippen molar-refractivity contribution in [1.82, 2.24) is 0 Å². The summed E-state index contributed by atoms with van der Waals surface area (Å²) in [5.74, 6) is -2.51. The fourth-order valence-corrected chi connectivity index (χ4v) is 14.9. The van der Waals surface area contributed by atoms with E-state index < -0.39 is 86.3 Å². The monoisotopic (exact) mass is 788 g/mol. The standard InChI is InChI=1S/C22H29ClO5.C21H29FO5/c1-12-8-16-15-5-4-13-9-14(25)6-7-19(13,2)21(15,23)17(26)10-20(16,3)22(12,28)18(27)11-24;1-18-7-5-13(24)9-12(18)3-4-15-14-6-8-20(27,17(26)11-23)19(14,2)10-16(25)21(15,18)22/h6-7,9,12,15-17,24,26,28H,4-5,8,10-11H2,1-3H3;9,14-16,23,25,27H,3-8,10-11H2,1-2H3/t12-,15-,16-,17-,19-,20-,21-,22-;14-,15-,16-,18-,19-,20-,21-/m00/s1. The summed E-state index contributed by atoms with van der Waals surface area (Å²) in [6, 6.07) is 0. The second kappa shape index (κ2) is 12.9. The number of aliphatic hydroxyl groups is 6. The average molecular weight is 789 g/mol. The topological polar surface area (TPSA) is 190 Å². The lowest BCUT2D eigenvalue weighted by molar-refractivity contribution is -0.226. The Bertz CT molecular complexity index is 1790. The third-order valence-corrected chi connectivity index (χ3v) is 18.5. The van der Waals surface area contributed by atoms with Crippen LogP contribution in [0.5, 0.6) is 0 Å². The predicted molar refractivity (Wildman–Crippen MR) is 200 cm³/mol. The first-order valence-corrected chi connectivity index (χ1v) is 20.5. The van der Waals surface area contributed by atoms with Crippen molar-refractivity contribution in [2.75, 3.05) is 13.2 Å². The second-order valence-electron chi connectivity index (χ2n) is 19.4. The number of halogens is 2. The Labute approximate surface area is 327 Å². The van der Waals surface area contributed by atoms with Gasteiger partial charge in [0.2, 0.25) is 0 Å². The molecule has 0 unspecified atom stereocenters. The summed E-state index contributed by atoms with van der Waals surface area (Å²) in [7, 11) is 0. The molecule has 0 spiro atoms. The van der Waals surface area contributed by atoms with E-state index in [-0.39, 0.29) is 60.9 Å². The van der Waals surface area contributed by atoms with E-state index in [9.17, 15) is 49.8 Å². The molecule has 0 saturated heterocycles. The molecular formula is C43H58ClFO10. The lowest BCUT2D eigenvalue weighted by atomic mass is 9.44. The number of hydrogen-bond donors (Lipinski definition) is 6. The average Bonchev–Trinajstić information content (AvgIpc) is 3.52. The lowest BCUT2D eigenvalue weighted by Gasteiger charge is -2.63. The minimum absolute atomic E-state index is 0.0171. The predicted octanol–water partition coefficient (Wildman–Crippen LogP) is 4.04. The third-order valence-electron chi connectivity index (χ3n) is 17.6. The van der Waals surface area contributed by atoms with E-state index in [1.54, 1.807) is 19.1 Å². The number of ketones is 4. The van der Waals surface area contributed by atoms with Gasteiger partial charge >= 0.3 is 0 Å². The SMILES string of the molecule is C[C@H]1C[C@H]2[C@@H]3CCC4=CC(=O)C=C[C@]4(C)[C@@]3(Cl)[C@@H](O)C[C@]2(C)[C@@]1(O)C(=O)CO.C[C@]12CCC(=O)C=C1CC[C@H]1[C@@H]3CC[C@](O)(C(=O)CO)[C@@]3(C)C[C@H](O)[C@@]12F. The molecule has 6 N–H and O–H groups in total. The molecule has 0 heterocycles. The number of aliphatic hydroxyl groups excluding tert-OH is 4. The van der Waals surface area contributed by atoms with Gasteiger partial charge in [-0.05, 0) is 106 Å². The molecule has 8 rings (SSSR count). The molecule has 304 valence electrons. The number of alkyl halides is 2. The summed E-state index contributed by atoms with van der Waals surface area (Å²) < 4.78 is 16.8. The maximum Gasteiger partial charge on any atom is 0.190 e. The van der Waals surface area contributed by atoms with E-state index in [1.165, 1.54) is 6.08 Å². The Morgan fingerprint density at radius 1 is 0.800 bits per heavy atom. The van der Waals surface area contributed by atoms with Crippen LogP contribution in [0.1, 0.15) is 105 Å². The van der Waals surface area contributed by atoms with Gasteiger partial charge in [0.05, 0.1) is 17.1 Å². The van der Waals surface area contributed by atoms with E-state index in [0.29, 0.717) is 44.9 Å².